The summed E-state index contributed by atoms with van der Waals surface area (Å²) in [5.41, 5.74) is 10.1. The molecular weight excluding hydrogens is 306 g/mol. The minimum atomic E-state index is 0.732. The van der Waals surface area contributed by atoms with Gasteiger partial charge in [-0.2, -0.15) is 0 Å². The number of dihydropyridines is 1. The molecule has 0 fully saturated rings. The molecule has 1 heterocycles. The molecule has 3 heteroatoms. The van der Waals surface area contributed by atoms with Gasteiger partial charge < -0.3 is 15.5 Å². The highest BCUT2D eigenvalue weighted by Crippen LogP contribution is 2.29. The highest BCUT2D eigenvalue weighted by atomic mass is 15.2. The van der Waals surface area contributed by atoms with Gasteiger partial charge in [-0.25, -0.2) is 0 Å². The molecule has 1 aliphatic heterocycles. The van der Waals surface area contributed by atoms with E-state index in [4.69, 9.17) is 0 Å². The maximum atomic E-state index is 3.58. The number of anilines is 1. The first-order valence-corrected chi connectivity index (χ1v) is 8.85. The van der Waals surface area contributed by atoms with E-state index in [1.54, 1.807) is 0 Å². The number of rotatable bonds is 5. The summed E-state index contributed by atoms with van der Waals surface area (Å²) in [4.78, 5) is 2.38. The van der Waals surface area contributed by atoms with Gasteiger partial charge in [-0.1, -0.05) is 29.3 Å². The van der Waals surface area contributed by atoms with Crippen molar-refractivity contribution in [2.75, 3.05) is 11.6 Å². The van der Waals surface area contributed by atoms with E-state index in [0.29, 0.717) is 0 Å². The normalized spacial score (nSPS) is 14.8. The molecule has 0 saturated heterocycles. The lowest BCUT2D eigenvalue weighted by atomic mass is 10.0. The zero-order chi connectivity index (χ0) is 18.6. The molecule has 0 spiro atoms. The summed E-state index contributed by atoms with van der Waals surface area (Å²) in [6.07, 6.45) is 8.08. The summed E-state index contributed by atoms with van der Waals surface area (Å²) in [6.45, 7) is 15.9. The van der Waals surface area contributed by atoms with Gasteiger partial charge in [-0.3, -0.25) is 0 Å². The maximum absolute atomic E-state index is 3.58. The molecule has 0 unspecified atom stereocenters. The second-order valence-electron chi connectivity index (χ2n) is 7.00. The number of benzene rings is 1. The molecule has 0 bridgehead atoms. The maximum Gasteiger partial charge on any atom is 0.0920 e. The lowest BCUT2D eigenvalue weighted by molar-refractivity contribution is 0.750. The monoisotopic (exact) mass is 337 g/mol. The van der Waals surface area contributed by atoms with Crippen LogP contribution < -0.4 is 15.5 Å². The third-order valence-corrected chi connectivity index (χ3v) is 4.65. The van der Waals surface area contributed by atoms with Gasteiger partial charge >= 0.3 is 0 Å². The first kappa shape index (κ1) is 18.9. The molecule has 2 rings (SSSR count). The molecule has 25 heavy (non-hydrogen) atoms. The lowest BCUT2D eigenvalue weighted by Crippen LogP contribution is -2.34. The van der Waals surface area contributed by atoms with Crippen LogP contribution in [0.3, 0.4) is 0 Å². The summed E-state index contributed by atoms with van der Waals surface area (Å²) in [7, 11) is 0. The predicted molar refractivity (Wildman–Crippen MR) is 109 cm³/mol. The molecule has 0 saturated carbocycles. The average Bonchev–Trinajstić information content (AvgIpc) is 2.56. The van der Waals surface area contributed by atoms with E-state index in [-0.39, 0.29) is 0 Å². The van der Waals surface area contributed by atoms with Crippen molar-refractivity contribution >= 4 is 5.69 Å². The summed E-state index contributed by atoms with van der Waals surface area (Å²) in [5.74, 6) is 0. The van der Waals surface area contributed by atoms with Crippen molar-refractivity contribution in [1.82, 2.24) is 10.6 Å². The summed E-state index contributed by atoms with van der Waals surface area (Å²) in [6, 6.07) is 4.52. The fourth-order valence-corrected chi connectivity index (χ4v) is 3.15. The fourth-order valence-electron chi connectivity index (χ4n) is 3.15. The zero-order valence-corrected chi connectivity index (χ0v) is 16.6. The highest BCUT2D eigenvalue weighted by Gasteiger charge is 2.15. The van der Waals surface area contributed by atoms with E-state index in [1.807, 2.05) is 18.4 Å². The third kappa shape index (κ3) is 4.56. The number of allylic oxidation sites excluding steroid dienone is 6. The Kier molecular flexibility index (Phi) is 6.13. The molecule has 3 nitrogen and oxygen atoms in total. The van der Waals surface area contributed by atoms with Gasteiger partial charge in [-0.15, -0.1) is 0 Å². The van der Waals surface area contributed by atoms with Crippen LogP contribution in [0.1, 0.15) is 44.4 Å². The van der Waals surface area contributed by atoms with Crippen molar-refractivity contribution in [2.45, 2.75) is 48.5 Å². The predicted octanol–water partition coefficient (Wildman–Crippen LogP) is 5.18. The van der Waals surface area contributed by atoms with E-state index < -0.39 is 0 Å². The molecule has 1 aliphatic rings. The van der Waals surface area contributed by atoms with Gasteiger partial charge in [0.25, 0.3) is 0 Å². The number of aryl methyl sites for hydroxylation is 3. The smallest absolute Gasteiger partial charge is 0.0920 e. The summed E-state index contributed by atoms with van der Waals surface area (Å²) < 4.78 is 0. The van der Waals surface area contributed by atoms with Gasteiger partial charge in [0.15, 0.2) is 0 Å². The molecule has 0 aliphatic carbocycles. The topological polar surface area (TPSA) is 27.3 Å². The Morgan fingerprint density at radius 2 is 1.64 bits per heavy atom. The SMILES string of the molecule is CC(C)=C(C)N(CN/C(C)=C1/C=CC=CN1)c1c(C)cc(C)cc1C. The van der Waals surface area contributed by atoms with Crippen LogP contribution in [0, 0.1) is 20.8 Å². The molecule has 0 aromatic heterocycles. The Bertz CT molecular complexity index is 736. The Hall–Kier alpha value is -2.42. The van der Waals surface area contributed by atoms with Crippen LogP contribution in [0.5, 0.6) is 0 Å². The molecule has 134 valence electrons. The standard InChI is InChI=1S/C22H31N3/c1-15(2)20(7)25(22-17(4)12-16(3)13-18(22)5)14-24-19(6)21-10-8-9-11-23-21/h8-13,23-24H,14H2,1-7H3/b21-19-. The van der Waals surface area contributed by atoms with E-state index in [9.17, 15) is 0 Å². The highest BCUT2D eigenvalue weighted by molar-refractivity contribution is 5.63. The fraction of sp³-hybridized carbons (Fsp3) is 0.364. The van der Waals surface area contributed by atoms with Crippen LogP contribution in [-0.4, -0.2) is 6.67 Å². The molecule has 1 aromatic carbocycles. The Morgan fingerprint density at radius 3 is 2.16 bits per heavy atom. The summed E-state index contributed by atoms with van der Waals surface area (Å²) >= 11 is 0. The quantitative estimate of drug-likeness (QED) is 0.725. The van der Waals surface area contributed by atoms with E-state index in [1.165, 1.54) is 33.6 Å². The molecule has 0 radical (unpaired) electrons. The first-order chi connectivity index (χ1) is 11.8. The third-order valence-electron chi connectivity index (χ3n) is 4.65. The van der Waals surface area contributed by atoms with Crippen molar-refractivity contribution in [3.05, 3.63) is 75.9 Å². The van der Waals surface area contributed by atoms with E-state index in [2.05, 4.69) is 82.2 Å². The van der Waals surface area contributed by atoms with Crippen molar-refractivity contribution < 1.29 is 0 Å². The first-order valence-electron chi connectivity index (χ1n) is 8.85. The number of hydrogen-bond acceptors (Lipinski definition) is 3. The minimum absolute atomic E-state index is 0.732. The Labute approximate surface area is 152 Å². The van der Waals surface area contributed by atoms with Crippen LogP contribution in [0.4, 0.5) is 5.69 Å². The average molecular weight is 338 g/mol. The second kappa shape index (κ2) is 8.11. The van der Waals surface area contributed by atoms with Gasteiger partial charge in [-0.05, 0) is 71.7 Å². The Morgan fingerprint density at radius 1 is 1.00 bits per heavy atom. The van der Waals surface area contributed by atoms with Crippen LogP contribution in [-0.2, 0) is 0 Å². The lowest BCUT2D eigenvalue weighted by Gasteiger charge is -2.31. The van der Waals surface area contributed by atoms with Crippen LogP contribution in [0.15, 0.2) is 59.2 Å². The molecule has 1 aromatic rings. The Balaban J connectivity index is 2.34. The van der Waals surface area contributed by atoms with Gasteiger partial charge in [0, 0.05) is 23.3 Å². The largest absolute Gasteiger partial charge is 0.369 e. The number of nitrogens with one attached hydrogen (secondary N) is 2. The summed E-state index contributed by atoms with van der Waals surface area (Å²) in [5, 5.41) is 6.86. The zero-order valence-electron chi connectivity index (χ0n) is 16.6. The van der Waals surface area contributed by atoms with Crippen molar-refractivity contribution in [2.24, 2.45) is 0 Å². The molecular formula is C22H31N3. The van der Waals surface area contributed by atoms with E-state index in [0.717, 1.165) is 18.1 Å². The second-order valence-corrected chi connectivity index (χ2v) is 7.00. The van der Waals surface area contributed by atoms with Crippen LogP contribution in [0.25, 0.3) is 0 Å². The van der Waals surface area contributed by atoms with Crippen molar-refractivity contribution in [3.8, 4) is 0 Å². The minimum Gasteiger partial charge on any atom is -0.369 e. The van der Waals surface area contributed by atoms with E-state index >= 15 is 0 Å². The number of hydrogen-bond donors (Lipinski definition) is 2. The number of nitrogens with zero attached hydrogens (tertiary/aromatic N) is 1. The van der Waals surface area contributed by atoms with Crippen LogP contribution in [0.2, 0.25) is 0 Å². The van der Waals surface area contributed by atoms with Gasteiger partial charge in [0.2, 0.25) is 0 Å². The van der Waals surface area contributed by atoms with Gasteiger partial charge in [0.1, 0.15) is 0 Å². The van der Waals surface area contributed by atoms with Gasteiger partial charge in [0.05, 0.1) is 12.4 Å². The van der Waals surface area contributed by atoms with Crippen molar-refractivity contribution in [1.29, 1.82) is 0 Å². The molecule has 0 atom stereocenters. The molecule has 0 amide bonds. The van der Waals surface area contributed by atoms with Crippen LogP contribution >= 0.6 is 0 Å². The van der Waals surface area contributed by atoms with Crippen molar-refractivity contribution in [3.63, 3.8) is 0 Å². The molecule has 2 N–H and O–H groups in total.